The molecule has 0 aliphatic heterocycles. The molecular formula is C22H21BrN4O. The molecule has 3 heterocycles. The van der Waals surface area contributed by atoms with Crippen LogP contribution < -0.4 is 0 Å². The van der Waals surface area contributed by atoms with Crippen molar-refractivity contribution in [3.8, 4) is 0 Å². The molecule has 0 aliphatic rings. The molecule has 0 fully saturated rings. The molecule has 0 unspecified atom stereocenters. The number of aromatic nitrogens is 3. The number of aromatic amines is 1. The van der Waals surface area contributed by atoms with Gasteiger partial charge in [0, 0.05) is 40.7 Å². The first-order valence-electron chi connectivity index (χ1n) is 9.12. The zero-order valence-electron chi connectivity index (χ0n) is 15.8. The van der Waals surface area contributed by atoms with Crippen LogP contribution in [0.5, 0.6) is 0 Å². The van der Waals surface area contributed by atoms with Gasteiger partial charge in [-0.05, 0) is 50.5 Å². The maximum absolute atomic E-state index is 13.0. The minimum Gasteiger partial charge on any atom is -0.354 e. The number of hydrogen-bond acceptors (Lipinski definition) is 3. The van der Waals surface area contributed by atoms with E-state index in [2.05, 4.69) is 25.9 Å². The molecule has 0 amide bonds. The second-order valence-corrected chi connectivity index (χ2v) is 7.96. The van der Waals surface area contributed by atoms with Crippen molar-refractivity contribution in [1.29, 1.82) is 0 Å². The lowest BCUT2D eigenvalue weighted by Gasteiger charge is -2.08. The number of carbonyl (C=O) groups excluding carboxylic acids is 1. The Hall–Kier alpha value is -2.70. The Morgan fingerprint density at radius 3 is 2.89 bits per heavy atom. The number of imidazole rings is 1. The van der Waals surface area contributed by atoms with Crippen LogP contribution in [0, 0.1) is 0 Å². The summed E-state index contributed by atoms with van der Waals surface area (Å²) in [5.74, 6) is 0.136. The van der Waals surface area contributed by atoms with Crippen LogP contribution in [-0.4, -0.2) is 45.7 Å². The van der Waals surface area contributed by atoms with Crippen LogP contribution in [-0.2, 0) is 0 Å². The summed E-state index contributed by atoms with van der Waals surface area (Å²) in [6.07, 6.45) is 8.30. The van der Waals surface area contributed by atoms with E-state index in [4.69, 9.17) is 0 Å². The van der Waals surface area contributed by atoms with Crippen LogP contribution in [0.15, 0.2) is 53.3 Å². The number of carbonyl (C=O) groups is 1. The van der Waals surface area contributed by atoms with Crippen LogP contribution in [0.25, 0.3) is 28.7 Å². The number of fused-ring (bicyclic) bond motifs is 2. The highest BCUT2D eigenvalue weighted by Crippen LogP contribution is 2.28. The average molecular weight is 437 g/mol. The molecule has 0 spiro atoms. The topological polar surface area (TPSA) is 53.4 Å². The molecule has 1 aromatic carbocycles. The number of Topliss-reactive ketones (excluding diaryl/α,β-unsaturated/α-hetero) is 1. The molecule has 0 bridgehead atoms. The van der Waals surface area contributed by atoms with Crippen LogP contribution in [0.3, 0.4) is 0 Å². The van der Waals surface area contributed by atoms with Crippen molar-refractivity contribution in [2.24, 2.45) is 0 Å². The van der Waals surface area contributed by atoms with Crippen molar-refractivity contribution < 1.29 is 4.79 Å². The monoisotopic (exact) mass is 436 g/mol. The first-order chi connectivity index (χ1) is 13.5. The quantitative estimate of drug-likeness (QED) is 0.438. The van der Waals surface area contributed by atoms with E-state index in [0.29, 0.717) is 6.42 Å². The number of ketones is 1. The molecule has 1 N–H and O–H groups in total. The fourth-order valence-corrected chi connectivity index (χ4v) is 3.63. The number of rotatable bonds is 6. The third kappa shape index (κ3) is 3.79. The molecule has 0 saturated heterocycles. The highest BCUT2D eigenvalue weighted by Gasteiger charge is 2.17. The second-order valence-electron chi connectivity index (χ2n) is 7.05. The van der Waals surface area contributed by atoms with Gasteiger partial charge in [0.2, 0.25) is 0 Å². The number of benzene rings is 1. The van der Waals surface area contributed by atoms with Gasteiger partial charge in [-0.1, -0.05) is 28.1 Å². The Morgan fingerprint density at radius 2 is 2.11 bits per heavy atom. The van der Waals surface area contributed by atoms with Crippen molar-refractivity contribution in [1.82, 2.24) is 19.3 Å². The number of pyridine rings is 1. The van der Waals surface area contributed by atoms with Gasteiger partial charge in [0.15, 0.2) is 5.78 Å². The van der Waals surface area contributed by atoms with Crippen molar-refractivity contribution in [3.63, 3.8) is 0 Å². The largest absolute Gasteiger partial charge is 0.354 e. The third-order valence-electron chi connectivity index (χ3n) is 4.66. The standard InChI is InChI=1S/C22H21BrN4O/c1-26(2)12-10-20(28)22-17-8-6-15(23)13-19(17)25-18(22)9-7-16-14-27-11-4-3-5-21(27)24-16/h3-9,11,13-14,25H,10,12H2,1-2H3. The lowest BCUT2D eigenvalue weighted by atomic mass is 10.0. The first kappa shape index (κ1) is 18.7. The highest BCUT2D eigenvalue weighted by molar-refractivity contribution is 9.10. The van der Waals surface area contributed by atoms with Gasteiger partial charge in [0.05, 0.1) is 17.0 Å². The fourth-order valence-electron chi connectivity index (χ4n) is 3.27. The summed E-state index contributed by atoms with van der Waals surface area (Å²) in [5.41, 5.74) is 4.23. The van der Waals surface area contributed by atoms with Gasteiger partial charge in [0.25, 0.3) is 0 Å². The molecular weight excluding hydrogens is 416 g/mol. The number of hydrogen-bond donors (Lipinski definition) is 1. The molecule has 4 rings (SSSR count). The Kier molecular flexibility index (Phi) is 5.15. The SMILES string of the molecule is CN(C)CCC(=O)c1c(C=Cc2cn3ccccc3n2)[nH]c2cc(Br)ccc12. The van der Waals surface area contributed by atoms with Crippen LogP contribution in [0.2, 0.25) is 0 Å². The van der Waals surface area contributed by atoms with Crippen molar-refractivity contribution >= 4 is 50.4 Å². The van der Waals surface area contributed by atoms with Gasteiger partial charge in [-0.15, -0.1) is 0 Å². The van der Waals surface area contributed by atoms with E-state index in [1.807, 2.05) is 84.3 Å². The minimum absolute atomic E-state index is 0.136. The number of nitrogens with one attached hydrogen (secondary N) is 1. The molecule has 3 aromatic heterocycles. The lowest BCUT2D eigenvalue weighted by Crippen LogP contribution is -2.17. The molecule has 6 heteroatoms. The highest BCUT2D eigenvalue weighted by atomic mass is 79.9. The third-order valence-corrected chi connectivity index (χ3v) is 5.15. The van der Waals surface area contributed by atoms with E-state index in [1.165, 1.54) is 0 Å². The van der Waals surface area contributed by atoms with Gasteiger partial charge >= 0.3 is 0 Å². The van der Waals surface area contributed by atoms with Gasteiger partial charge in [-0.25, -0.2) is 4.98 Å². The molecule has 0 atom stereocenters. The van der Waals surface area contributed by atoms with E-state index in [0.717, 1.165) is 44.5 Å². The molecule has 4 aromatic rings. The Bertz CT molecular complexity index is 1150. The van der Waals surface area contributed by atoms with E-state index >= 15 is 0 Å². The van der Waals surface area contributed by atoms with Crippen LogP contribution in [0.4, 0.5) is 0 Å². The van der Waals surface area contributed by atoms with Gasteiger partial charge in [0.1, 0.15) is 5.65 Å². The predicted octanol–water partition coefficient (Wildman–Crippen LogP) is 4.88. The van der Waals surface area contributed by atoms with E-state index in [9.17, 15) is 4.79 Å². The summed E-state index contributed by atoms with van der Waals surface area (Å²) in [6, 6.07) is 11.9. The maximum Gasteiger partial charge on any atom is 0.166 e. The van der Waals surface area contributed by atoms with Crippen molar-refractivity contribution in [3.05, 3.63) is 70.2 Å². The Balaban J connectivity index is 1.74. The molecule has 0 radical (unpaired) electrons. The van der Waals surface area contributed by atoms with Crippen molar-refractivity contribution in [2.45, 2.75) is 6.42 Å². The van der Waals surface area contributed by atoms with Gasteiger partial charge in [-0.2, -0.15) is 0 Å². The normalized spacial score (nSPS) is 12.0. The molecule has 5 nitrogen and oxygen atoms in total. The maximum atomic E-state index is 13.0. The van der Waals surface area contributed by atoms with Crippen LogP contribution in [0.1, 0.15) is 28.2 Å². The van der Waals surface area contributed by atoms with E-state index in [-0.39, 0.29) is 5.78 Å². The first-order valence-corrected chi connectivity index (χ1v) is 9.91. The zero-order chi connectivity index (χ0) is 19.7. The number of nitrogens with zero attached hydrogens (tertiary/aromatic N) is 3. The number of H-pyrrole nitrogens is 1. The van der Waals surface area contributed by atoms with E-state index < -0.39 is 0 Å². The number of halogens is 1. The van der Waals surface area contributed by atoms with Gasteiger partial charge in [-0.3, -0.25) is 4.79 Å². The zero-order valence-corrected chi connectivity index (χ0v) is 17.4. The lowest BCUT2D eigenvalue weighted by molar-refractivity contribution is 0.0974. The second kappa shape index (κ2) is 7.73. The Morgan fingerprint density at radius 1 is 1.25 bits per heavy atom. The summed E-state index contributed by atoms with van der Waals surface area (Å²) in [6.45, 7) is 0.720. The molecule has 28 heavy (non-hydrogen) atoms. The molecule has 142 valence electrons. The van der Waals surface area contributed by atoms with Gasteiger partial charge < -0.3 is 14.3 Å². The summed E-state index contributed by atoms with van der Waals surface area (Å²) >= 11 is 3.51. The predicted molar refractivity (Wildman–Crippen MR) is 118 cm³/mol. The smallest absolute Gasteiger partial charge is 0.166 e. The molecule has 0 saturated carbocycles. The summed E-state index contributed by atoms with van der Waals surface area (Å²) in [7, 11) is 3.95. The fraction of sp³-hybridized carbons (Fsp3) is 0.182. The molecule has 0 aliphatic carbocycles. The minimum atomic E-state index is 0.136. The summed E-state index contributed by atoms with van der Waals surface area (Å²) in [5, 5.41) is 0.946. The van der Waals surface area contributed by atoms with Crippen molar-refractivity contribution in [2.75, 3.05) is 20.6 Å². The summed E-state index contributed by atoms with van der Waals surface area (Å²) in [4.78, 5) is 23.0. The van der Waals surface area contributed by atoms with E-state index in [1.54, 1.807) is 0 Å². The van der Waals surface area contributed by atoms with Crippen LogP contribution >= 0.6 is 15.9 Å². The summed E-state index contributed by atoms with van der Waals surface area (Å²) < 4.78 is 2.95. The Labute approximate surface area is 171 Å². The average Bonchev–Trinajstić information content (AvgIpc) is 3.24.